The highest BCUT2D eigenvalue weighted by Crippen LogP contribution is 2.34. The van der Waals surface area contributed by atoms with Gasteiger partial charge in [-0.05, 0) is 49.9 Å². The van der Waals surface area contributed by atoms with Crippen LogP contribution in [0.2, 0.25) is 0 Å². The number of nitrogens with one attached hydrogen (secondary N) is 1. The molecule has 1 aromatic carbocycles. The highest BCUT2D eigenvalue weighted by Gasteiger charge is 2.25. The van der Waals surface area contributed by atoms with Gasteiger partial charge < -0.3 is 10.1 Å². The molecule has 1 fully saturated rings. The minimum atomic E-state index is 0.639. The monoisotopic (exact) mass is 247 g/mol. The Morgan fingerprint density at radius 2 is 2.06 bits per heavy atom. The van der Waals surface area contributed by atoms with Crippen molar-refractivity contribution in [3.8, 4) is 5.75 Å². The number of hydrogen-bond acceptors (Lipinski definition) is 2. The minimum absolute atomic E-state index is 0.639. The van der Waals surface area contributed by atoms with Gasteiger partial charge in [0.25, 0.3) is 0 Å². The molecule has 2 atom stereocenters. The Morgan fingerprint density at radius 1 is 1.22 bits per heavy atom. The van der Waals surface area contributed by atoms with E-state index in [1.54, 1.807) is 0 Å². The zero-order valence-electron chi connectivity index (χ0n) is 11.6. The quantitative estimate of drug-likeness (QED) is 0.856. The van der Waals surface area contributed by atoms with Crippen LogP contribution in [0.3, 0.4) is 0 Å². The van der Waals surface area contributed by atoms with Gasteiger partial charge in [0.1, 0.15) is 5.75 Å². The normalized spacial score (nSPS) is 23.9. The van der Waals surface area contributed by atoms with E-state index in [9.17, 15) is 0 Å². The van der Waals surface area contributed by atoms with Gasteiger partial charge in [0.05, 0.1) is 6.61 Å². The predicted octanol–water partition coefficient (Wildman–Crippen LogP) is 3.72. The summed E-state index contributed by atoms with van der Waals surface area (Å²) in [4.78, 5) is 0. The predicted molar refractivity (Wildman–Crippen MR) is 76.3 cm³/mol. The molecule has 2 rings (SSSR count). The number of ether oxygens (including phenoxy) is 1. The largest absolute Gasteiger partial charge is 0.494 e. The summed E-state index contributed by atoms with van der Waals surface area (Å²) in [6.07, 6.45) is 5.31. The van der Waals surface area contributed by atoms with Gasteiger partial charge in [-0.2, -0.15) is 0 Å². The lowest BCUT2D eigenvalue weighted by atomic mass is 9.80. The Balaban J connectivity index is 2.14. The van der Waals surface area contributed by atoms with Crippen LogP contribution in [0.25, 0.3) is 0 Å². The van der Waals surface area contributed by atoms with Crippen molar-refractivity contribution >= 4 is 0 Å². The maximum atomic E-state index is 5.61. The molecule has 2 heteroatoms. The van der Waals surface area contributed by atoms with Crippen LogP contribution in [0.1, 0.15) is 51.0 Å². The fraction of sp³-hybridized carbons (Fsp3) is 0.625. The summed E-state index contributed by atoms with van der Waals surface area (Å²) >= 11 is 0. The van der Waals surface area contributed by atoms with E-state index in [4.69, 9.17) is 4.74 Å². The van der Waals surface area contributed by atoms with Crippen molar-refractivity contribution in [1.82, 2.24) is 5.32 Å². The molecule has 1 N–H and O–H groups in total. The van der Waals surface area contributed by atoms with Gasteiger partial charge in [-0.15, -0.1) is 0 Å². The van der Waals surface area contributed by atoms with Crippen molar-refractivity contribution < 1.29 is 4.74 Å². The molecule has 18 heavy (non-hydrogen) atoms. The Hall–Kier alpha value is -1.02. The van der Waals surface area contributed by atoms with Crippen LogP contribution in [0, 0.1) is 0 Å². The van der Waals surface area contributed by atoms with Crippen molar-refractivity contribution in [3.05, 3.63) is 29.8 Å². The zero-order chi connectivity index (χ0) is 12.8. The van der Waals surface area contributed by atoms with Crippen LogP contribution in [-0.2, 0) is 0 Å². The molecule has 0 amide bonds. The third-order valence-electron chi connectivity index (χ3n) is 3.83. The topological polar surface area (TPSA) is 21.3 Å². The summed E-state index contributed by atoms with van der Waals surface area (Å²) in [6.45, 7) is 6.04. The van der Waals surface area contributed by atoms with Crippen molar-refractivity contribution in [2.75, 3.05) is 13.2 Å². The molecule has 2 unspecified atom stereocenters. The first kappa shape index (κ1) is 13.4. The molecule has 0 heterocycles. The number of benzene rings is 1. The van der Waals surface area contributed by atoms with Gasteiger partial charge >= 0.3 is 0 Å². The van der Waals surface area contributed by atoms with Crippen LogP contribution in [0.5, 0.6) is 5.75 Å². The van der Waals surface area contributed by atoms with Crippen molar-refractivity contribution in [1.29, 1.82) is 0 Å². The first-order valence-electron chi connectivity index (χ1n) is 7.31. The average Bonchev–Trinajstić information content (AvgIpc) is 2.40. The minimum Gasteiger partial charge on any atom is -0.494 e. The molecule has 1 aromatic rings. The van der Waals surface area contributed by atoms with Crippen LogP contribution in [0.4, 0.5) is 0 Å². The molecule has 2 nitrogen and oxygen atoms in total. The summed E-state index contributed by atoms with van der Waals surface area (Å²) in [5, 5.41) is 3.64. The standard InChI is InChI=1S/C16H25NO/c1-3-17-16-11-6-5-10-15(16)13-8-7-9-14(12-13)18-4-2/h7-9,12,15-17H,3-6,10-11H2,1-2H3. The molecule has 0 radical (unpaired) electrons. The maximum absolute atomic E-state index is 5.61. The summed E-state index contributed by atoms with van der Waals surface area (Å²) in [5.74, 6) is 1.66. The second kappa shape index (κ2) is 6.79. The number of likely N-dealkylation sites (N-methyl/N-ethyl adjacent to an activating group) is 1. The van der Waals surface area contributed by atoms with Gasteiger partial charge in [0, 0.05) is 6.04 Å². The molecule has 0 aliphatic heterocycles. The molecule has 1 aliphatic rings. The van der Waals surface area contributed by atoms with Crippen LogP contribution < -0.4 is 10.1 Å². The smallest absolute Gasteiger partial charge is 0.119 e. The van der Waals surface area contributed by atoms with Gasteiger partial charge in [-0.25, -0.2) is 0 Å². The van der Waals surface area contributed by atoms with E-state index in [2.05, 4.69) is 36.5 Å². The van der Waals surface area contributed by atoms with Gasteiger partial charge in [-0.1, -0.05) is 31.9 Å². The lowest BCUT2D eigenvalue weighted by molar-refractivity contribution is 0.325. The number of hydrogen-bond donors (Lipinski definition) is 1. The molecule has 1 saturated carbocycles. The van der Waals surface area contributed by atoms with E-state index in [-0.39, 0.29) is 0 Å². The summed E-state index contributed by atoms with van der Waals surface area (Å²) < 4.78 is 5.61. The molecule has 0 aromatic heterocycles. The van der Waals surface area contributed by atoms with Crippen molar-refractivity contribution in [2.24, 2.45) is 0 Å². The van der Waals surface area contributed by atoms with E-state index < -0.39 is 0 Å². The average molecular weight is 247 g/mol. The maximum Gasteiger partial charge on any atom is 0.119 e. The molecule has 100 valence electrons. The number of rotatable bonds is 5. The van der Waals surface area contributed by atoms with E-state index in [0.717, 1.165) is 18.9 Å². The molecule has 1 aliphatic carbocycles. The van der Waals surface area contributed by atoms with Crippen LogP contribution in [0.15, 0.2) is 24.3 Å². The molecular weight excluding hydrogens is 222 g/mol. The Labute approximate surface area is 111 Å². The highest BCUT2D eigenvalue weighted by atomic mass is 16.5. The van der Waals surface area contributed by atoms with Gasteiger partial charge in [0.15, 0.2) is 0 Å². The third kappa shape index (κ3) is 3.26. The van der Waals surface area contributed by atoms with Crippen molar-refractivity contribution in [3.63, 3.8) is 0 Å². The SMILES string of the molecule is CCNC1CCCCC1c1cccc(OCC)c1. The van der Waals surface area contributed by atoms with E-state index >= 15 is 0 Å². The summed E-state index contributed by atoms with van der Waals surface area (Å²) in [7, 11) is 0. The zero-order valence-corrected chi connectivity index (χ0v) is 11.6. The summed E-state index contributed by atoms with van der Waals surface area (Å²) in [5.41, 5.74) is 1.44. The fourth-order valence-corrected chi connectivity index (χ4v) is 3.04. The first-order chi connectivity index (χ1) is 8.85. The lowest BCUT2D eigenvalue weighted by Gasteiger charge is -2.32. The fourth-order valence-electron chi connectivity index (χ4n) is 3.04. The molecule has 0 spiro atoms. The van der Waals surface area contributed by atoms with Gasteiger partial charge in [0.2, 0.25) is 0 Å². The van der Waals surface area contributed by atoms with E-state index in [0.29, 0.717) is 12.0 Å². The Bertz CT molecular complexity index is 362. The van der Waals surface area contributed by atoms with E-state index in [1.165, 1.54) is 31.2 Å². The lowest BCUT2D eigenvalue weighted by Crippen LogP contribution is -2.37. The molecule has 0 saturated heterocycles. The van der Waals surface area contributed by atoms with Gasteiger partial charge in [-0.3, -0.25) is 0 Å². The Morgan fingerprint density at radius 3 is 2.83 bits per heavy atom. The Kier molecular flexibility index (Phi) is 5.06. The summed E-state index contributed by atoms with van der Waals surface area (Å²) in [6, 6.07) is 9.29. The third-order valence-corrected chi connectivity index (χ3v) is 3.83. The molecule has 0 bridgehead atoms. The van der Waals surface area contributed by atoms with E-state index in [1.807, 2.05) is 6.92 Å². The second-order valence-corrected chi connectivity index (χ2v) is 5.06. The van der Waals surface area contributed by atoms with Crippen LogP contribution >= 0.6 is 0 Å². The second-order valence-electron chi connectivity index (χ2n) is 5.06. The molecular formula is C16H25NO. The van der Waals surface area contributed by atoms with Crippen LogP contribution in [-0.4, -0.2) is 19.2 Å². The first-order valence-corrected chi connectivity index (χ1v) is 7.31. The van der Waals surface area contributed by atoms with Crippen molar-refractivity contribution in [2.45, 2.75) is 51.5 Å². The highest BCUT2D eigenvalue weighted by molar-refractivity contribution is 5.32.